The highest BCUT2D eigenvalue weighted by Crippen LogP contribution is 2.32. The van der Waals surface area contributed by atoms with Crippen molar-refractivity contribution in [1.82, 2.24) is 4.98 Å². The van der Waals surface area contributed by atoms with E-state index in [1.807, 2.05) is 13.1 Å². The van der Waals surface area contributed by atoms with Gasteiger partial charge in [-0.1, -0.05) is 13.3 Å². The van der Waals surface area contributed by atoms with Gasteiger partial charge in [-0.2, -0.15) is 0 Å². The third kappa shape index (κ3) is 3.42. The van der Waals surface area contributed by atoms with E-state index in [9.17, 15) is 0 Å². The maximum Gasteiger partial charge on any atom is 0.0509 e. The van der Waals surface area contributed by atoms with Crippen LogP contribution in [-0.2, 0) is 5.88 Å². The average molecular weight is 281 g/mol. The predicted octanol–water partition coefficient (Wildman–Crippen LogP) is 4.53. The van der Waals surface area contributed by atoms with E-state index in [0.717, 1.165) is 17.2 Å². The lowest BCUT2D eigenvalue weighted by molar-refractivity contribution is 0.313. The molecule has 1 fully saturated rings. The summed E-state index contributed by atoms with van der Waals surface area (Å²) >= 11 is 6.05. The zero-order valence-electron chi connectivity index (χ0n) is 12.3. The molecule has 0 aromatic carbocycles. The molecule has 0 radical (unpaired) electrons. The second kappa shape index (κ2) is 6.60. The van der Waals surface area contributed by atoms with E-state index in [-0.39, 0.29) is 0 Å². The molecular weight excluding hydrogens is 256 g/mol. The van der Waals surface area contributed by atoms with Crippen LogP contribution in [0.15, 0.2) is 12.3 Å². The summed E-state index contributed by atoms with van der Waals surface area (Å²) in [4.78, 5) is 6.78. The van der Waals surface area contributed by atoms with Gasteiger partial charge in [0.05, 0.1) is 5.88 Å². The molecule has 0 bridgehead atoms. The van der Waals surface area contributed by atoms with Crippen molar-refractivity contribution in [3.63, 3.8) is 0 Å². The number of halogens is 1. The number of alkyl halides is 1. The van der Waals surface area contributed by atoms with Gasteiger partial charge in [-0.3, -0.25) is 4.98 Å². The molecule has 0 aliphatic heterocycles. The van der Waals surface area contributed by atoms with E-state index in [1.54, 1.807) is 0 Å². The van der Waals surface area contributed by atoms with Gasteiger partial charge < -0.3 is 4.90 Å². The topological polar surface area (TPSA) is 16.1 Å². The quantitative estimate of drug-likeness (QED) is 0.753. The summed E-state index contributed by atoms with van der Waals surface area (Å²) in [6, 6.07) is 2.83. The van der Waals surface area contributed by atoms with E-state index in [4.69, 9.17) is 11.6 Å². The van der Waals surface area contributed by atoms with Gasteiger partial charge in [0.25, 0.3) is 0 Å². The molecule has 19 heavy (non-hydrogen) atoms. The number of hydrogen-bond acceptors (Lipinski definition) is 2. The van der Waals surface area contributed by atoms with Crippen LogP contribution in [0.3, 0.4) is 0 Å². The molecule has 106 valence electrons. The van der Waals surface area contributed by atoms with Crippen LogP contribution in [-0.4, -0.2) is 18.1 Å². The molecule has 0 saturated heterocycles. The normalized spacial score (nSPS) is 23.4. The minimum atomic E-state index is 0.539. The molecule has 1 heterocycles. The summed E-state index contributed by atoms with van der Waals surface area (Å²) in [6.45, 7) is 4.36. The van der Waals surface area contributed by atoms with Crippen molar-refractivity contribution in [2.45, 2.75) is 57.9 Å². The van der Waals surface area contributed by atoms with Crippen LogP contribution in [0.1, 0.15) is 50.3 Å². The highest BCUT2D eigenvalue weighted by Gasteiger charge is 2.24. The molecule has 1 aliphatic rings. The maximum absolute atomic E-state index is 6.05. The van der Waals surface area contributed by atoms with Crippen molar-refractivity contribution in [2.75, 3.05) is 11.9 Å². The van der Waals surface area contributed by atoms with Gasteiger partial charge in [0.2, 0.25) is 0 Å². The molecule has 2 rings (SSSR count). The van der Waals surface area contributed by atoms with Crippen molar-refractivity contribution in [3.8, 4) is 0 Å². The van der Waals surface area contributed by atoms with Crippen LogP contribution in [0.4, 0.5) is 5.69 Å². The van der Waals surface area contributed by atoms with Gasteiger partial charge in [0.1, 0.15) is 0 Å². The molecule has 1 aliphatic carbocycles. The second-order valence-corrected chi connectivity index (χ2v) is 6.05. The number of aromatic nitrogens is 1. The standard InChI is InChI=1S/C16H25ClN2/c1-4-13-5-7-15(8-6-13)19(3)16-9-12(2)18-11-14(16)10-17/h9,11,13,15H,4-8,10H2,1-3H3. The van der Waals surface area contributed by atoms with Crippen molar-refractivity contribution in [2.24, 2.45) is 5.92 Å². The van der Waals surface area contributed by atoms with E-state index in [0.29, 0.717) is 11.9 Å². The summed E-state index contributed by atoms with van der Waals surface area (Å²) < 4.78 is 0. The van der Waals surface area contributed by atoms with Crippen molar-refractivity contribution >= 4 is 17.3 Å². The Morgan fingerprint density at radius 2 is 2.00 bits per heavy atom. The fraction of sp³-hybridized carbons (Fsp3) is 0.688. The van der Waals surface area contributed by atoms with Crippen LogP contribution in [0.25, 0.3) is 0 Å². The Bertz CT molecular complexity index is 411. The Morgan fingerprint density at radius 1 is 1.32 bits per heavy atom. The van der Waals surface area contributed by atoms with Gasteiger partial charge >= 0.3 is 0 Å². The summed E-state index contributed by atoms with van der Waals surface area (Å²) in [5, 5.41) is 0. The first-order valence-corrected chi connectivity index (χ1v) is 7.93. The van der Waals surface area contributed by atoms with Crippen LogP contribution < -0.4 is 4.90 Å². The van der Waals surface area contributed by atoms with E-state index < -0.39 is 0 Å². The number of anilines is 1. The van der Waals surface area contributed by atoms with Gasteiger partial charge in [-0.15, -0.1) is 11.6 Å². The Balaban J connectivity index is 2.11. The number of hydrogen-bond donors (Lipinski definition) is 0. The first-order chi connectivity index (χ1) is 9.15. The van der Waals surface area contributed by atoms with E-state index in [2.05, 4.69) is 29.9 Å². The van der Waals surface area contributed by atoms with Gasteiger partial charge in [0, 0.05) is 36.2 Å². The molecule has 0 atom stereocenters. The summed E-state index contributed by atoms with van der Waals surface area (Å²) in [5.74, 6) is 1.48. The summed E-state index contributed by atoms with van der Waals surface area (Å²) in [5.41, 5.74) is 3.48. The van der Waals surface area contributed by atoms with Crippen LogP contribution >= 0.6 is 11.6 Å². The number of nitrogens with zero attached hydrogens (tertiary/aromatic N) is 2. The average Bonchev–Trinajstić information content (AvgIpc) is 2.46. The van der Waals surface area contributed by atoms with Gasteiger partial charge in [0.15, 0.2) is 0 Å². The zero-order chi connectivity index (χ0) is 13.8. The molecule has 0 spiro atoms. The van der Waals surface area contributed by atoms with E-state index in [1.165, 1.54) is 37.8 Å². The summed E-state index contributed by atoms with van der Waals surface area (Å²) in [6.07, 6.45) is 8.59. The van der Waals surface area contributed by atoms with Gasteiger partial charge in [-0.25, -0.2) is 0 Å². The van der Waals surface area contributed by atoms with Crippen molar-refractivity contribution in [1.29, 1.82) is 0 Å². The highest BCUT2D eigenvalue weighted by molar-refractivity contribution is 6.17. The monoisotopic (exact) mass is 280 g/mol. The lowest BCUT2D eigenvalue weighted by Crippen LogP contribution is -2.35. The van der Waals surface area contributed by atoms with Gasteiger partial charge in [-0.05, 0) is 44.6 Å². The number of rotatable bonds is 4. The maximum atomic E-state index is 6.05. The SMILES string of the molecule is CCC1CCC(N(C)c2cc(C)ncc2CCl)CC1. The molecule has 0 N–H and O–H groups in total. The molecule has 0 unspecified atom stereocenters. The molecule has 1 aromatic heterocycles. The van der Waals surface area contributed by atoms with E-state index >= 15 is 0 Å². The summed E-state index contributed by atoms with van der Waals surface area (Å²) in [7, 11) is 2.21. The molecule has 2 nitrogen and oxygen atoms in total. The van der Waals surface area contributed by atoms with Crippen LogP contribution in [0, 0.1) is 12.8 Å². The Morgan fingerprint density at radius 3 is 2.58 bits per heavy atom. The minimum Gasteiger partial charge on any atom is -0.371 e. The molecular formula is C16H25ClN2. The fourth-order valence-electron chi connectivity index (χ4n) is 3.14. The molecule has 1 saturated carbocycles. The number of pyridine rings is 1. The molecule has 1 aromatic rings. The fourth-order valence-corrected chi connectivity index (χ4v) is 3.35. The number of aryl methyl sites for hydroxylation is 1. The van der Waals surface area contributed by atoms with Crippen molar-refractivity contribution < 1.29 is 0 Å². The van der Waals surface area contributed by atoms with Crippen molar-refractivity contribution in [3.05, 3.63) is 23.5 Å². The molecule has 0 amide bonds. The first kappa shape index (κ1) is 14.6. The Labute approximate surface area is 122 Å². The van der Waals surface area contributed by atoms with Crippen LogP contribution in [0.5, 0.6) is 0 Å². The predicted molar refractivity (Wildman–Crippen MR) is 83.0 cm³/mol. The zero-order valence-corrected chi connectivity index (χ0v) is 13.1. The molecule has 3 heteroatoms. The smallest absolute Gasteiger partial charge is 0.0509 e. The highest BCUT2D eigenvalue weighted by atomic mass is 35.5. The lowest BCUT2D eigenvalue weighted by atomic mass is 9.84. The Kier molecular flexibility index (Phi) is 5.09. The third-order valence-corrected chi connectivity index (χ3v) is 4.85. The first-order valence-electron chi connectivity index (χ1n) is 7.40. The second-order valence-electron chi connectivity index (χ2n) is 5.78. The van der Waals surface area contributed by atoms with Crippen LogP contribution in [0.2, 0.25) is 0 Å². The largest absolute Gasteiger partial charge is 0.371 e. The Hall–Kier alpha value is -0.760. The lowest BCUT2D eigenvalue weighted by Gasteiger charge is -2.36. The third-order valence-electron chi connectivity index (χ3n) is 4.56. The minimum absolute atomic E-state index is 0.539.